The first-order chi connectivity index (χ1) is 15.1. The predicted molar refractivity (Wildman–Crippen MR) is 124 cm³/mol. The summed E-state index contributed by atoms with van der Waals surface area (Å²) in [5.41, 5.74) is 0.837. The lowest BCUT2D eigenvalue weighted by Crippen LogP contribution is -2.54. The predicted octanol–water partition coefficient (Wildman–Crippen LogP) is 3.06. The number of rotatable bonds is 8. The molecule has 1 saturated heterocycles. The van der Waals surface area contributed by atoms with E-state index in [1.54, 1.807) is 11.8 Å². The maximum atomic E-state index is 13.0. The highest BCUT2D eigenvalue weighted by atomic mass is 32.2. The molecule has 0 aromatic heterocycles. The van der Waals surface area contributed by atoms with Crippen molar-refractivity contribution in [3.05, 3.63) is 54.6 Å². The Hall–Kier alpha value is -2.35. The summed E-state index contributed by atoms with van der Waals surface area (Å²) in [6.07, 6.45) is 2.22. The molecular formula is C24H30N4O2S. The molecule has 0 bridgehead atoms. The van der Waals surface area contributed by atoms with Crippen molar-refractivity contribution in [2.75, 3.05) is 38.0 Å². The van der Waals surface area contributed by atoms with E-state index in [-0.39, 0.29) is 17.9 Å². The molecule has 4 rings (SSSR count). The number of carbonyl (C=O) groups is 2. The van der Waals surface area contributed by atoms with Crippen molar-refractivity contribution in [3.8, 4) is 0 Å². The minimum absolute atomic E-state index is 0.000961. The van der Waals surface area contributed by atoms with Gasteiger partial charge in [-0.25, -0.2) is 0 Å². The van der Waals surface area contributed by atoms with Crippen molar-refractivity contribution in [3.63, 3.8) is 0 Å². The van der Waals surface area contributed by atoms with Crippen molar-refractivity contribution in [2.45, 2.75) is 41.6 Å². The van der Waals surface area contributed by atoms with E-state index in [2.05, 4.69) is 32.6 Å². The second-order valence-corrected chi connectivity index (χ2v) is 9.35. The number of hydrogen-bond donors (Lipinski definition) is 2. The molecule has 1 heterocycles. The zero-order valence-electron chi connectivity index (χ0n) is 17.9. The summed E-state index contributed by atoms with van der Waals surface area (Å²) in [5.74, 6) is 0.121. The van der Waals surface area contributed by atoms with E-state index < -0.39 is 0 Å². The number of carbonyl (C=O) groups excluding carboxylic acids is 2. The van der Waals surface area contributed by atoms with Gasteiger partial charge in [0, 0.05) is 42.0 Å². The molecule has 1 saturated carbocycles. The molecule has 164 valence electrons. The Balaban J connectivity index is 1.28. The normalized spacial score (nSPS) is 18.4. The van der Waals surface area contributed by atoms with Gasteiger partial charge >= 0.3 is 0 Å². The Morgan fingerprint density at radius 2 is 1.68 bits per heavy atom. The molecule has 2 aliphatic rings. The molecular weight excluding hydrogens is 408 g/mol. The molecule has 2 N–H and O–H groups in total. The average molecular weight is 439 g/mol. The second kappa shape index (κ2) is 10.3. The summed E-state index contributed by atoms with van der Waals surface area (Å²) in [6.45, 7) is 5.58. The van der Waals surface area contributed by atoms with Gasteiger partial charge in [-0.2, -0.15) is 0 Å². The monoisotopic (exact) mass is 438 g/mol. The van der Waals surface area contributed by atoms with Gasteiger partial charge in [0.15, 0.2) is 0 Å². The van der Waals surface area contributed by atoms with Crippen LogP contribution in [0.1, 0.15) is 19.8 Å². The van der Waals surface area contributed by atoms with Crippen LogP contribution in [0, 0.1) is 0 Å². The van der Waals surface area contributed by atoms with E-state index in [4.69, 9.17) is 0 Å². The molecule has 1 aliphatic heterocycles. The number of amides is 2. The van der Waals surface area contributed by atoms with E-state index in [1.807, 2.05) is 49.4 Å². The van der Waals surface area contributed by atoms with Crippen molar-refractivity contribution >= 4 is 29.3 Å². The van der Waals surface area contributed by atoms with E-state index in [0.29, 0.717) is 12.6 Å². The van der Waals surface area contributed by atoms with Crippen LogP contribution in [-0.4, -0.2) is 66.4 Å². The van der Waals surface area contributed by atoms with Gasteiger partial charge < -0.3 is 10.6 Å². The molecule has 1 atom stereocenters. The highest BCUT2D eigenvalue weighted by Crippen LogP contribution is 2.33. The topological polar surface area (TPSA) is 64.7 Å². The molecule has 31 heavy (non-hydrogen) atoms. The Kier molecular flexibility index (Phi) is 7.27. The number of para-hydroxylation sites is 1. The van der Waals surface area contributed by atoms with Crippen LogP contribution in [-0.2, 0) is 9.59 Å². The number of benzene rings is 2. The first-order valence-electron chi connectivity index (χ1n) is 11.0. The molecule has 2 fully saturated rings. The number of nitrogens with zero attached hydrogens (tertiary/aromatic N) is 2. The molecule has 0 spiro atoms. The fraction of sp³-hybridized carbons (Fsp3) is 0.417. The van der Waals surface area contributed by atoms with Gasteiger partial charge in [-0.15, -0.1) is 0 Å². The van der Waals surface area contributed by atoms with Crippen LogP contribution in [0.3, 0.4) is 0 Å². The van der Waals surface area contributed by atoms with Crippen LogP contribution < -0.4 is 10.6 Å². The average Bonchev–Trinajstić information content (AvgIpc) is 3.59. The van der Waals surface area contributed by atoms with Gasteiger partial charge in [-0.3, -0.25) is 19.4 Å². The lowest BCUT2D eigenvalue weighted by molar-refractivity contribution is -0.124. The fourth-order valence-corrected chi connectivity index (χ4v) is 4.61. The van der Waals surface area contributed by atoms with Crippen LogP contribution in [0.4, 0.5) is 5.69 Å². The van der Waals surface area contributed by atoms with Gasteiger partial charge in [-0.1, -0.05) is 42.1 Å². The Morgan fingerprint density at radius 3 is 2.39 bits per heavy atom. The zero-order valence-corrected chi connectivity index (χ0v) is 18.7. The quantitative estimate of drug-likeness (QED) is 0.663. The summed E-state index contributed by atoms with van der Waals surface area (Å²) in [6, 6.07) is 18.3. The minimum Gasteiger partial charge on any atom is -0.352 e. The third kappa shape index (κ3) is 6.32. The fourth-order valence-electron chi connectivity index (χ4n) is 3.69. The SMILES string of the molecule is C[C@@H](C(=O)Nc1ccccc1Sc1ccccc1)N1CCN(CC(=O)NC2CC2)CC1. The number of anilines is 1. The standard InChI is InChI=1S/C24H30N4O2S/c1-18(28-15-13-27(14-16-28)17-23(29)25-19-11-12-19)24(30)26-21-9-5-6-10-22(21)31-20-7-3-2-4-8-20/h2-10,18-19H,11-17H2,1H3,(H,25,29)(H,26,30)/t18-/m0/s1. The third-order valence-electron chi connectivity index (χ3n) is 5.76. The third-order valence-corrected chi connectivity index (χ3v) is 6.84. The number of nitrogens with one attached hydrogen (secondary N) is 2. The molecule has 6 nitrogen and oxygen atoms in total. The van der Waals surface area contributed by atoms with Gasteiger partial charge in [0.05, 0.1) is 18.3 Å². The van der Waals surface area contributed by atoms with E-state index in [0.717, 1.165) is 54.5 Å². The summed E-state index contributed by atoms with van der Waals surface area (Å²) in [4.78, 5) is 31.5. The lowest BCUT2D eigenvalue weighted by Gasteiger charge is -2.37. The number of hydrogen-bond acceptors (Lipinski definition) is 5. The lowest BCUT2D eigenvalue weighted by atomic mass is 10.2. The van der Waals surface area contributed by atoms with Crippen molar-refractivity contribution in [1.82, 2.24) is 15.1 Å². The molecule has 0 unspecified atom stereocenters. The van der Waals surface area contributed by atoms with Crippen molar-refractivity contribution < 1.29 is 9.59 Å². The van der Waals surface area contributed by atoms with E-state index in [9.17, 15) is 9.59 Å². The molecule has 7 heteroatoms. The number of piperazine rings is 1. The molecule has 0 radical (unpaired) electrons. The highest BCUT2D eigenvalue weighted by Gasteiger charge is 2.28. The largest absolute Gasteiger partial charge is 0.352 e. The first-order valence-corrected chi connectivity index (χ1v) is 11.8. The van der Waals surface area contributed by atoms with E-state index >= 15 is 0 Å². The van der Waals surface area contributed by atoms with Crippen molar-refractivity contribution in [1.29, 1.82) is 0 Å². The minimum atomic E-state index is -0.225. The molecule has 2 aromatic rings. The molecule has 1 aliphatic carbocycles. The van der Waals surface area contributed by atoms with Crippen LogP contribution in [0.2, 0.25) is 0 Å². The Bertz CT molecular complexity index is 895. The smallest absolute Gasteiger partial charge is 0.241 e. The van der Waals surface area contributed by atoms with Crippen LogP contribution in [0.15, 0.2) is 64.4 Å². The molecule has 2 aromatic carbocycles. The summed E-state index contributed by atoms with van der Waals surface area (Å²) < 4.78 is 0. The highest BCUT2D eigenvalue weighted by molar-refractivity contribution is 7.99. The summed E-state index contributed by atoms with van der Waals surface area (Å²) >= 11 is 1.65. The second-order valence-electron chi connectivity index (χ2n) is 8.23. The summed E-state index contributed by atoms with van der Waals surface area (Å²) in [7, 11) is 0. The maximum absolute atomic E-state index is 13.0. The van der Waals surface area contributed by atoms with Crippen LogP contribution >= 0.6 is 11.8 Å². The van der Waals surface area contributed by atoms with Crippen LogP contribution in [0.25, 0.3) is 0 Å². The van der Waals surface area contributed by atoms with E-state index in [1.165, 1.54) is 0 Å². The van der Waals surface area contributed by atoms with Crippen molar-refractivity contribution in [2.24, 2.45) is 0 Å². The first kappa shape index (κ1) is 21.9. The van der Waals surface area contributed by atoms with Crippen LogP contribution in [0.5, 0.6) is 0 Å². The van der Waals surface area contributed by atoms with Gasteiger partial charge in [0.1, 0.15) is 0 Å². The molecule has 2 amide bonds. The Morgan fingerprint density at radius 1 is 1.00 bits per heavy atom. The zero-order chi connectivity index (χ0) is 21.6. The Labute approximate surface area is 188 Å². The van der Waals surface area contributed by atoms with Gasteiger partial charge in [-0.05, 0) is 44.0 Å². The maximum Gasteiger partial charge on any atom is 0.241 e. The van der Waals surface area contributed by atoms with Gasteiger partial charge in [0.2, 0.25) is 11.8 Å². The van der Waals surface area contributed by atoms with Gasteiger partial charge in [0.25, 0.3) is 0 Å². The summed E-state index contributed by atoms with van der Waals surface area (Å²) in [5, 5.41) is 6.16.